The Hall–Kier alpha value is -0.200. The fourth-order valence-corrected chi connectivity index (χ4v) is 0.887. The lowest BCUT2D eigenvalue weighted by molar-refractivity contribution is -0.00106. The van der Waals surface area contributed by atoms with E-state index in [-0.39, 0.29) is 6.73 Å². The SMILES string of the molecule is CCCOCCOCCOCCOCN. The molecule has 5 heteroatoms. The minimum atomic E-state index is 0.245. The molecule has 0 radical (unpaired) electrons. The summed E-state index contributed by atoms with van der Waals surface area (Å²) in [6.45, 7) is 6.69. The van der Waals surface area contributed by atoms with Crippen LogP contribution in [-0.2, 0) is 18.9 Å². The topological polar surface area (TPSA) is 62.9 Å². The molecule has 0 heterocycles. The Morgan fingerprint density at radius 1 is 0.667 bits per heavy atom. The van der Waals surface area contributed by atoms with Crippen LogP contribution >= 0.6 is 0 Å². The maximum Gasteiger partial charge on any atom is 0.0941 e. The third-order valence-electron chi connectivity index (χ3n) is 1.58. The normalized spacial score (nSPS) is 10.8. The molecule has 0 aliphatic carbocycles. The highest BCUT2D eigenvalue weighted by Crippen LogP contribution is 1.83. The second-order valence-electron chi connectivity index (χ2n) is 2.91. The van der Waals surface area contributed by atoms with Crippen molar-refractivity contribution in [2.24, 2.45) is 5.73 Å². The van der Waals surface area contributed by atoms with E-state index in [1.165, 1.54) is 0 Å². The zero-order chi connectivity index (χ0) is 11.2. The molecule has 5 nitrogen and oxygen atoms in total. The van der Waals surface area contributed by atoms with Crippen LogP contribution in [0.15, 0.2) is 0 Å². The Bertz CT molecular complexity index is 102. The highest BCUT2D eigenvalue weighted by Gasteiger charge is 1.90. The number of hydrogen-bond donors (Lipinski definition) is 1. The van der Waals surface area contributed by atoms with Crippen molar-refractivity contribution in [3.8, 4) is 0 Å². The first-order chi connectivity index (χ1) is 7.41. The van der Waals surface area contributed by atoms with Crippen molar-refractivity contribution >= 4 is 0 Å². The van der Waals surface area contributed by atoms with Gasteiger partial charge in [-0.05, 0) is 6.42 Å². The molecule has 0 saturated heterocycles. The average molecular weight is 221 g/mol. The maximum atomic E-state index is 5.27. The Balaban J connectivity index is 2.81. The first kappa shape index (κ1) is 14.8. The number of hydrogen-bond acceptors (Lipinski definition) is 5. The van der Waals surface area contributed by atoms with E-state index in [0.29, 0.717) is 39.6 Å². The quantitative estimate of drug-likeness (QED) is 0.381. The van der Waals surface area contributed by atoms with Gasteiger partial charge >= 0.3 is 0 Å². The predicted molar refractivity (Wildman–Crippen MR) is 57.8 cm³/mol. The molecular weight excluding hydrogens is 198 g/mol. The molecule has 0 saturated carbocycles. The number of rotatable bonds is 12. The summed E-state index contributed by atoms with van der Waals surface area (Å²) in [6, 6.07) is 0. The zero-order valence-corrected chi connectivity index (χ0v) is 9.57. The fraction of sp³-hybridized carbons (Fsp3) is 1.00. The molecule has 15 heavy (non-hydrogen) atoms. The summed E-state index contributed by atoms with van der Waals surface area (Å²) in [4.78, 5) is 0. The minimum Gasteiger partial charge on any atom is -0.379 e. The van der Waals surface area contributed by atoms with Gasteiger partial charge in [0.15, 0.2) is 0 Å². The maximum absolute atomic E-state index is 5.27. The van der Waals surface area contributed by atoms with Gasteiger partial charge in [0.05, 0.1) is 46.4 Å². The molecule has 0 aliphatic heterocycles. The molecular formula is C10H23NO4. The molecule has 0 atom stereocenters. The van der Waals surface area contributed by atoms with Gasteiger partial charge in [-0.25, -0.2) is 0 Å². The van der Waals surface area contributed by atoms with Crippen LogP contribution < -0.4 is 5.73 Å². The van der Waals surface area contributed by atoms with Crippen molar-refractivity contribution in [2.45, 2.75) is 13.3 Å². The monoisotopic (exact) mass is 221 g/mol. The van der Waals surface area contributed by atoms with E-state index in [2.05, 4.69) is 6.92 Å². The van der Waals surface area contributed by atoms with Gasteiger partial charge in [-0.1, -0.05) is 6.92 Å². The zero-order valence-electron chi connectivity index (χ0n) is 9.57. The van der Waals surface area contributed by atoms with Crippen LogP contribution in [-0.4, -0.2) is 53.0 Å². The lowest BCUT2D eigenvalue weighted by Crippen LogP contribution is -2.13. The van der Waals surface area contributed by atoms with Crippen molar-refractivity contribution in [2.75, 3.05) is 53.0 Å². The summed E-state index contributed by atoms with van der Waals surface area (Å²) in [7, 11) is 0. The first-order valence-electron chi connectivity index (χ1n) is 5.42. The van der Waals surface area contributed by atoms with E-state index in [9.17, 15) is 0 Å². The molecule has 0 aromatic heterocycles. The first-order valence-corrected chi connectivity index (χ1v) is 5.42. The lowest BCUT2D eigenvalue weighted by Gasteiger charge is -2.06. The molecule has 2 N–H and O–H groups in total. The van der Waals surface area contributed by atoms with Crippen LogP contribution in [0.1, 0.15) is 13.3 Å². The summed E-state index contributed by atoms with van der Waals surface area (Å²) in [5.74, 6) is 0. The lowest BCUT2D eigenvalue weighted by atomic mass is 10.5. The highest BCUT2D eigenvalue weighted by atomic mass is 16.6. The van der Waals surface area contributed by atoms with Crippen LogP contribution in [0.4, 0.5) is 0 Å². The molecule has 0 spiro atoms. The molecule has 0 amide bonds. The van der Waals surface area contributed by atoms with Gasteiger partial charge in [0.2, 0.25) is 0 Å². The molecule has 0 fully saturated rings. The summed E-state index contributed by atoms with van der Waals surface area (Å²) in [6.07, 6.45) is 1.05. The van der Waals surface area contributed by atoms with Crippen LogP contribution in [0.3, 0.4) is 0 Å². The molecule has 0 aromatic carbocycles. The van der Waals surface area contributed by atoms with E-state index >= 15 is 0 Å². The third kappa shape index (κ3) is 13.8. The Kier molecular flexibility index (Phi) is 13.6. The van der Waals surface area contributed by atoms with Crippen molar-refractivity contribution in [3.63, 3.8) is 0 Å². The van der Waals surface area contributed by atoms with Crippen molar-refractivity contribution in [1.82, 2.24) is 0 Å². The Labute approximate surface area is 91.8 Å². The average Bonchev–Trinajstić information content (AvgIpc) is 2.26. The molecule has 0 aliphatic rings. The predicted octanol–water partition coefficient (Wildman–Crippen LogP) is 0.379. The van der Waals surface area contributed by atoms with E-state index < -0.39 is 0 Å². The summed E-state index contributed by atoms with van der Waals surface area (Å²) < 4.78 is 20.6. The highest BCUT2D eigenvalue weighted by molar-refractivity contribution is 4.34. The standard InChI is InChI=1S/C10H23NO4/c1-2-3-12-4-5-13-6-7-14-8-9-15-10-11/h2-11H2,1H3. The van der Waals surface area contributed by atoms with Crippen molar-refractivity contribution in [1.29, 1.82) is 0 Å². The molecule has 0 unspecified atom stereocenters. The van der Waals surface area contributed by atoms with E-state index in [1.54, 1.807) is 0 Å². The molecule has 0 bridgehead atoms. The number of ether oxygens (including phenoxy) is 4. The van der Waals surface area contributed by atoms with Gasteiger partial charge in [-0.2, -0.15) is 0 Å². The van der Waals surface area contributed by atoms with Gasteiger partial charge in [-0.3, -0.25) is 0 Å². The van der Waals surface area contributed by atoms with Crippen LogP contribution in [0.25, 0.3) is 0 Å². The Morgan fingerprint density at radius 3 is 1.47 bits per heavy atom. The minimum absolute atomic E-state index is 0.245. The second kappa shape index (κ2) is 13.8. The summed E-state index contributed by atoms with van der Waals surface area (Å²) >= 11 is 0. The van der Waals surface area contributed by atoms with Gasteiger partial charge in [0.1, 0.15) is 0 Å². The van der Waals surface area contributed by atoms with Crippen molar-refractivity contribution < 1.29 is 18.9 Å². The Morgan fingerprint density at radius 2 is 1.07 bits per heavy atom. The summed E-state index contributed by atoms with van der Waals surface area (Å²) in [5, 5.41) is 0. The summed E-state index contributed by atoms with van der Waals surface area (Å²) in [5.41, 5.74) is 5.13. The van der Waals surface area contributed by atoms with Gasteiger partial charge in [0.25, 0.3) is 0 Å². The van der Waals surface area contributed by atoms with Crippen LogP contribution in [0.2, 0.25) is 0 Å². The van der Waals surface area contributed by atoms with Gasteiger partial charge < -0.3 is 24.7 Å². The van der Waals surface area contributed by atoms with Crippen LogP contribution in [0.5, 0.6) is 0 Å². The largest absolute Gasteiger partial charge is 0.379 e. The van der Waals surface area contributed by atoms with Crippen molar-refractivity contribution in [3.05, 3.63) is 0 Å². The smallest absolute Gasteiger partial charge is 0.0941 e. The van der Waals surface area contributed by atoms with Gasteiger partial charge in [0, 0.05) is 6.61 Å². The molecule has 92 valence electrons. The fourth-order valence-electron chi connectivity index (χ4n) is 0.887. The van der Waals surface area contributed by atoms with E-state index in [1.807, 2.05) is 0 Å². The van der Waals surface area contributed by atoms with E-state index in [4.69, 9.17) is 24.7 Å². The number of nitrogens with two attached hydrogens (primary N) is 1. The third-order valence-corrected chi connectivity index (χ3v) is 1.58. The van der Waals surface area contributed by atoms with Crippen LogP contribution in [0, 0.1) is 0 Å². The van der Waals surface area contributed by atoms with Gasteiger partial charge in [-0.15, -0.1) is 0 Å². The molecule has 0 rings (SSSR count). The second-order valence-corrected chi connectivity index (χ2v) is 2.91. The van der Waals surface area contributed by atoms with E-state index in [0.717, 1.165) is 13.0 Å². The molecule has 0 aromatic rings.